The van der Waals surface area contributed by atoms with Crippen molar-refractivity contribution in [2.24, 2.45) is 0 Å². The first-order valence-electron chi connectivity index (χ1n) is 30.5. The SMILES string of the molecule is CCCCCCCCCCCCCCCCCC(=O)O.CCCCCCCCCCCCCCCCCC(=O)OC(=O)C(C)O.CCCCCCCCCCCCCCCCCCCCCCO. The standard InChI is InChI=1S/C22H46O.C21H40O4.C18H36O2/c1-2-3-4-5-6-7-8-9-10-11-12-13-14-15-16-17-18-19-20-21-22-23;1-3-4-5-6-7-8-9-10-11-12-13-14-15-16-17-18-20(23)25-21(24)19(2)22;1-2-3-4-5-6-7-8-9-10-11-12-13-14-15-16-17-18(19)20/h23H,2-22H2,1H3;19,22H,3-18H2,1-2H3;2-17H2,1H3,(H,19,20). The first-order valence-corrected chi connectivity index (χ1v) is 30.5. The number of rotatable bonds is 53. The molecule has 0 aromatic rings. The summed E-state index contributed by atoms with van der Waals surface area (Å²) in [7, 11) is 0. The van der Waals surface area contributed by atoms with E-state index in [1.807, 2.05) is 0 Å². The summed E-state index contributed by atoms with van der Waals surface area (Å²) in [6.07, 6.45) is 66.5. The maximum absolute atomic E-state index is 11.3. The Morgan fingerprint density at radius 2 is 0.515 bits per heavy atom. The second-order valence-corrected chi connectivity index (χ2v) is 20.7. The van der Waals surface area contributed by atoms with E-state index in [1.165, 1.54) is 289 Å². The highest BCUT2D eigenvalue weighted by atomic mass is 16.6. The van der Waals surface area contributed by atoms with Gasteiger partial charge in [0.2, 0.25) is 0 Å². The van der Waals surface area contributed by atoms with Crippen LogP contribution in [0, 0.1) is 0 Å². The van der Waals surface area contributed by atoms with E-state index in [0.717, 1.165) is 38.5 Å². The van der Waals surface area contributed by atoms with Crippen LogP contribution in [0.4, 0.5) is 0 Å². The number of esters is 2. The molecule has 7 heteroatoms. The fourth-order valence-electron chi connectivity index (χ4n) is 8.90. The van der Waals surface area contributed by atoms with Crippen molar-refractivity contribution in [3.8, 4) is 0 Å². The summed E-state index contributed by atoms with van der Waals surface area (Å²) in [6.45, 7) is 8.49. The van der Waals surface area contributed by atoms with Crippen molar-refractivity contribution in [3.63, 3.8) is 0 Å². The van der Waals surface area contributed by atoms with Crippen LogP contribution in [0.5, 0.6) is 0 Å². The maximum Gasteiger partial charge on any atom is 0.342 e. The van der Waals surface area contributed by atoms with Gasteiger partial charge in [0.25, 0.3) is 0 Å². The molecule has 0 rings (SSSR count). The van der Waals surface area contributed by atoms with Gasteiger partial charge in [-0.25, -0.2) is 4.79 Å². The van der Waals surface area contributed by atoms with E-state index in [2.05, 4.69) is 25.5 Å². The quantitative estimate of drug-likeness (QED) is 0.0315. The summed E-state index contributed by atoms with van der Waals surface area (Å²) in [6, 6.07) is 0. The molecule has 0 aromatic carbocycles. The topological polar surface area (TPSA) is 121 Å². The third-order valence-electron chi connectivity index (χ3n) is 13.5. The fraction of sp³-hybridized carbons (Fsp3) is 0.951. The summed E-state index contributed by atoms with van der Waals surface area (Å²) in [5.74, 6) is -2.04. The first-order chi connectivity index (χ1) is 33.3. The zero-order chi connectivity index (χ0) is 50.5. The number of carboxylic acid groups (broad SMARTS) is 1. The molecule has 0 fully saturated rings. The van der Waals surface area contributed by atoms with Crippen molar-refractivity contribution in [1.29, 1.82) is 0 Å². The van der Waals surface area contributed by atoms with Crippen LogP contribution in [0.3, 0.4) is 0 Å². The Labute approximate surface area is 425 Å². The van der Waals surface area contributed by atoms with Gasteiger partial charge in [-0.3, -0.25) is 9.59 Å². The normalized spacial score (nSPS) is 11.4. The van der Waals surface area contributed by atoms with Gasteiger partial charge in [-0.15, -0.1) is 0 Å². The minimum absolute atomic E-state index is 0.261. The number of hydrogen-bond donors (Lipinski definition) is 3. The highest BCUT2D eigenvalue weighted by molar-refractivity contribution is 5.87. The highest BCUT2D eigenvalue weighted by Gasteiger charge is 2.15. The van der Waals surface area contributed by atoms with Crippen LogP contribution in [0.25, 0.3) is 0 Å². The summed E-state index contributed by atoms with van der Waals surface area (Å²) < 4.78 is 4.50. The van der Waals surface area contributed by atoms with Gasteiger partial charge < -0.3 is 20.1 Å². The molecule has 408 valence electrons. The Morgan fingerprint density at radius 3 is 0.706 bits per heavy atom. The van der Waals surface area contributed by atoms with Crippen LogP contribution < -0.4 is 0 Å². The lowest BCUT2D eigenvalue weighted by Gasteiger charge is -2.05. The number of carbonyl (C=O) groups excluding carboxylic acids is 2. The smallest absolute Gasteiger partial charge is 0.342 e. The van der Waals surface area contributed by atoms with Crippen LogP contribution in [-0.2, 0) is 19.1 Å². The third-order valence-corrected chi connectivity index (χ3v) is 13.5. The lowest BCUT2D eigenvalue weighted by Crippen LogP contribution is -2.22. The molecule has 0 radical (unpaired) electrons. The molecule has 0 aliphatic heterocycles. The second kappa shape index (κ2) is 65.5. The molecule has 3 N–H and O–H groups in total. The van der Waals surface area contributed by atoms with Crippen molar-refractivity contribution in [2.45, 2.75) is 368 Å². The number of aliphatic hydroxyl groups is 2. The van der Waals surface area contributed by atoms with E-state index in [-0.39, 0.29) is 6.42 Å². The van der Waals surface area contributed by atoms with Crippen molar-refractivity contribution < 1.29 is 34.4 Å². The average molecular weight is 968 g/mol. The second-order valence-electron chi connectivity index (χ2n) is 20.7. The predicted molar refractivity (Wildman–Crippen MR) is 295 cm³/mol. The molecular weight excluding hydrogens is 845 g/mol. The number of hydrogen-bond acceptors (Lipinski definition) is 6. The van der Waals surface area contributed by atoms with E-state index in [9.17, 15) is 14.4 Å². The van der Waals surface area contributed by atoms with Gasteiger partial charge in [-0.1, -0.05) is 323 Å². The Hall–Kier alpha value is -1.47. The van der Waals surface area contributed by atoms with Crippen LogP contribution in [0.2, 0.25) is 0 Å². The van der Waals surface area contributed by atoms with Gasteiger partial charge in [-0.2, -0.15) is 0 Å². The predicted octanol–water partition coefficient (Wildman–Crippen LogP) is 19.8. The van der Waals surface area contributed by atoms with Gasteiger partial charge in [0.05, 0.1) is 0 Å². The minimum Gasteiger partial charge on any atom is -0.481 e. The number of ether oxygens (including phenoxy) is 1. The molecule has 0 aliphatic rings. The lowest BCUT2D eigenvalue weighted by molar-refractivity contribution is -0.165. The van der Waals surface area contributed by atoms with Crippen LogP contribution in [-0.4, -0.2) is 45.9 Å². The molecular formula is C61H122O7. The largest absolute Gasteiger partial charge is 0.481 e. The van der Waals surface area contributed by atoms with Gasteiger partial charge >= 0.3 is 17.9 Å². The van der Waals surface area contributed by atoms with E-state index >= 15 is 0 Å². The molecule has 0 spiro atoms. The van der Waals surface area contributed by atoms with Crippen LogP contribution in [0.1, 0.15) is 362 Å². The molecule has 68 heavy (non-hydrogen) atoms. The monoisotopic (exact) mass is 967 g/mol. The van der Waals surface area contributed by atoms with E-state index in [0.29, 0.717) is 13.0 Å². The van der Waals surface area contributed by atoms with Crippen molar-refractivity contribution in [2.75, 3.05) is 6.61 Å². The lowest BCUT2D eigenvalue weighted by atomic mass is 10.0. The number of unbranched alkanes of at least 4 members (excludes halogenated alkanes) is 47. The highest BCUT2D eigenvalue weighted by Crippen LogP contribution is 2.17. The average Bonchev–Trinajstić information content (AvgIpc) is 3.32. The Kier molecular flexibility index (Phi) is 68.2. The van der Waals surface area contributed by atoms with E-state index in [1.54, 1.807) is 0 Å². The van der Waals surface area contributed by atoms with Gasteiger partial charge in [-0.05, 0) is 26.2 Å². The van der Waals surface area contributed by atoms with Crippen LogP contribution >= 0.6 is 0 Å². The molecule has 1 atom stereocenters. The van der Waals surface area contributed by atoms with Crippen molar-refractivity contribution in [3.05, 3.63) is 0 Å². The third kappa shape index (κ3) is 71.1. The molecule has 7 nitrogen and oxygen atoms in total. The zero-order valence-corrected chi connectivity index (χ0v) is 46.5. The first kappa shape index (κ1) is 70.8. The molecule has 0 aromatic heterocycles. The summed E-state index contributed by atoms with van der Waals surface area (Å²) in [5, 5.41) is 26.2. The molecule has 0 amide bonds. The van der Waals surface area contributed by atoms with Gasteiger partial charge in [0, 0.05) is 19.4 Å². The molecule has 0 bridgehead atoms. The number of carbonyl (C=O) groups is 3. The number of carboxylic acids is 1. The molecule has 1 unspecified atom stereocenters. The Morgan fingerprint density at radius 1 is 0.324 bits per heavy atom. The van der Waals surface area contributed by atoms with Gasteiger partial charge in [0.1, 0.15) is 6.10 Å². The molecule has 0 saturated carbocycles. The fourth-order valence-corrected chi connectivity index (χ4v) is 8.90. The maximum atomic E-state index is 11.3. The van der Waals surface area contributed by atoms with Crippen molar-refractivity contribution in [1.82, 2.24) is 0 Å². The molecule has 0 aliphatic carbocycles. The molecule has 0 saturated heterocycles. The minimum atomic E-state index is -1.23. The van der Waals surface area contributed by atoms with E-state index in [4.69, 9.17) is 15.3 Å². The number of aliphatic carboxylic acids is 1. The Balaban J connectivity index is -0.000000938. The summed E-state index contributed by atoms with van der Waals surface area (Å²) >= 11 is 0. The number of aliphatic hydroxyl groups excluding tert-OH is 2. The summed E-state index contributed by atoms with van der Waals surface area (Å²) in [4.78, 5) is 32.7. The van der Waals surface area contributed by atoms with Crippen LogP contribution in [0.15, 0.2) is 0 Å². The summed E-state index contributed by atoms with van der Waals surface area (Å²) in [5.41, 5.74) is 0. The zero-order valence-electron chi connectivity index (χ0n) is 46.5. The van der Waals surface area contributed by atoms with Crippen molar-refractivity contribution >= 4 is 17.9 Å². The Bertz CT molecular complexity index is 933. The van der Waals surface area contributed by atoms with E-state index < -0.39 is 24.0 Å². The molecule has 0 heterocycles. The van der Waals surface area contributed by atoms with Gasteiger partial charge in [0.15, 0.2) is 0 Å².